The first kappa shape index (κ1) is 15.3. The van der Waals surface area contributed by atoms with Crippen molar-refractivity contribution in [2.45, 2.75) is 18.5 Å². The summed E-state index contributed by atoms with van der Waals surface area (Å²) in [4.78, 5) is 27.4. The highest BCUT2D eigenvalue weighted by molar-refractivity contribution is 5.83. The maximum atomic E-state index is 12.2. The van der Waals surface area contributed by atoms with E-state index in [-0.39, 0.29) is 6.03 Å². The molecule has 6 nitrogen and oxygen atoms in total. The number of carboxylic acid groups (broad SMARTS) is 1. The predicted octanol–water partition coefficient (Wildman–Crippen LogP) is 1.16. The first-order valence-corrected chi connectivity index (χ1v) is 6.98. The summed E-state index contributed by atoms with van der Waals surface area (Å²) >= 11 is 0. The molecular weight excluding hydrogens is 270 g/mol. The number of likely N-dealkylation sites (tertiary alicyclic amines) is 1. The lowest BCUT2D eigenvalue weighted by Gasteiger charge is -2.23. The Morgan fingerprint density at radius 1 is 1.33 bits per heavy atom. The van der Waals surface area contributed by atoms with Crippen LogP contribution in [0.5, 0.6) is 0 Å². The van der Waals surface area contributed by atoms with Crippen LogP contribution in [0, 0.1) is 0 Å². The van der Waals surface area contributed by atoms with Crippen LogP contribution in [0.1, 0.15) is 18.0 Å². The fraction of sp³-hybridized carbons (Fsp3) is 0.467. The lowest BCUT2D eigenvalue weighted by atomic mass is 10.1. The van der Waals surface area contributed by atoms with Gasteiger partial charge in [-0.2, -0.15) is 0 Å². The third-order valence-electron chi connectivity index (χ3n) is 3.83. The van der Waals surface area contributed by atoms with Crippen molar-refractivity contribution in [1.82, 2.24) is 15.1 Å². The molecule has 2 unspecified atom stereocenters. The summed E-state index contributed by atoms with van der Waals surface area (Å²) in [5.74, 6) is -1.06. The second-order valence-corrected chi connectivity index (χ2v) is 5.48. The summed E-state index contributed by atoms with van der Waals surface area (Å²) in [6.45, 7) is 1.27. The summed E-state index contributed by atoms with van der Waals surface area (Å²) in [6.07, 6.45) is 0.906. The van der Waals surface area contributed by atoms with Crippen molar-refractivity contribution in [3.8, 4) is 0 Å². The number of aliphatic carboxylic acids is 1. The average molecular weight is 291 g/mol. The third kappa shape index (κ3) is 3.72. The molecule has 0 aromatic heterocycles. The van der Waals surface area contributed by atoms with E-state index in [9.17, 15) is 14.7 Å². The van der Waals surface area contributed by atoms with Crippen molar-refractivity contribution in [1.29, 1.82) is 0 Å². The van der Waals surface area contributed by atoms with Crippen molar-refractivity contribution in [2.24, 2.45) is 0 Å². The van der Waals surface area contributed by atoms with Crippen LogP contribution in [0.3, 0.4) is 0 Å². The second kappa shape index (κ2) is 6.58. The van der Waals surface area contributed by atoms with E-state index in [1.807, 2.05) is 20.2 Å². The van der Waals surface area contributed by atoms with Gasteiger partial charge in [0.05, 0.1) is 0 Å². The van der Waals surface area contributed by atoms with Gasteiger partial charge in [0.2, 0.25) is 0 Å². The van der Waals surface area contributed by atoms with Crippen LogP contribution >= 0.6 is 0 Å². The summed E-state index contributed by atoms with van der Waals surface area (Å²) in [7, 11) is 3.96. The summed E-state index contributed by atoms with van der Waals surface area (Å²) in [5, 5.41) is 11.9. The molecule has 0 saturated carbocycles. The van der Waals surface area contributed by atoms with Gasteiger partial charge in [0, 0.05) is 19.1 Å². The van der Waals surface area contributed by atoms with Crippen molar-refractivity contribution in [3.05, 3.63) is 35.9 Å². The lowest BCUT2D eigenvalue weighted by Crippen LogP contribution is -2.44. The molecule has 1 heterocycles. The molecule has 1 aromatic carbocycles. The number of urea groups is 1. The molecule has 21 heavy (non-hydrogen) atoms. The molecule has 2 atom stereocenters. The van der Waals surface area contributed by atoms with Crippen molar-refractivity contribution in [2.75, 3.05) is 27.2 Å². The number of nitrogens with one attached hydrogen (secondary N) is 1. The molecule has 1 aromatic rings. The van der Waals surface area contributed by atoms with Crippen LogP contribution in [0.2, 0.25) is 0 Å². The van der Waals surface area contributed by atoms with E-state index in [0.29, 0.717) is 24.7 Å². The molecule has 0 bridgehead atoms. The zero-order valence-electron chi connectivity index (χ0n) is 12.3. The smallest absolute Gasteiger partial charge is 0.330 e. The molecule has 2 N–H and O–H groups in total. The first-order chi connectivity index (χ1) is 9.99. The van der Waals surface area contributed by atoms with Gasteiger partial charge in [0.1, 0.15) is 0 Å². The van der Waals surface area contributed by atoms with E-state index in [0.717, 1.165) is 6.42 Å². The van der Waals surface area contributed by atoms with E-state index >= 15 is 0 Å². The number of carboxylic acids is 1. The molecule has 0 aliphatic carbocycles. The van der Waals surface area contributed by atoms with Crippen molar-refractivity contribution in [3.63, 3.8) is 0 Å². The Bertz CT molecular complexity index is 504. The van der Waals surface area contributed by atoms with Gasteiger partial charge in [-0.3, -0.25) is 0 Å². The molecule has 114 valence electrons. The standard InChI is InChI=1S/C15H21N3O3/c1-17(2)12-8-9-18(10-12)15(21)16-13(14(19)20)11-6-4-3-5-7-11/h3-7,12-13H,8-10H2,1-2H3,(H,16,21)(H,19,20). The minimum absolute atomic E-state index is 0.324. The van der Waals surface area contributed by atoms with Gasteiger partial charge in [-0.15, -0.1) is 0 Å². The molecule has 2 amide bonds. The Hall–Kier alpha value is -2.08. The van der Waals surface area contributed by atoms with E-state index in [4.69, 9.17) is 0 Å². The van der Waals surface area contributed by atoms with Crippen LogP contribution in [-0.4, -0.2) is 60.1 Å². The molecule has 1 saturated heterocycles. The average Bonchev–Trinajstić information content (AvgIpc) is 2.95. The maximum Gasteiger partial charge on any atom is 0.330 e. The normalized spacial score (nSPS) is 19.6. The Labute approximate surface area is 124 Å². The third-order valence-corrected chi connectivity index (χ3v) is 3.83. The predicted molar refractivity (Wildman–Crippen MR) is 79.0 cm³/mol. The number of amides is 2. The van der Waals surface area contributed by atoms with Crippen LogP contribution in [0.25, 0.3) is 0 Å². The molecule has 1 aliphatic rings. The van der Waals surface area contributed by atoms with E-state index < -0.39 is 12.0 Å². The van der Waals surface area contributed by atoms with Gasteiger partial charge in [-0.1, -0.05) is 30.3 Å². The number of benzene rings is 1. The first-order valence-electron chi connectivity index (χ1n) is 6.98. The second-order valence-electron chi connectivity index (χ2n) is 5.48. The number of carbonyl (C=O) groups is 2. The number of rotatable bonds is 4. The number of hydrogen-bond donors (Lipinski definition) is 2. The maximum absolute atomic E-state index is 12.2. The summed E-state index contributed by atoms with van der Waals surface area (Å²) < 4.78 is 0. The number of carbonyl (C=O) groups excluding carboxylic acids is 1. The summed E-state index contributed by atoms with van der Waals surface area (Å²) in [5.41, 5.74) is 0.571. The van der Waals surface area contributed by atoms with Crippen LogP contribution in [0.15, 0.2) is 30.3 Å². The zero-order valence-corrected chi connectivity index (χ0v) is 12.3. The highest BCUT2D eigenvalue weighted by atomic mass is 16.4. The molecule has 0 radical (unpaired) electrons. The highest BCUT2D eigenvalue weighted by Gasteiger charge is 2.30. The van der Waals surface area contributed by atoms with Gasteiger partial charge >= 0.3 is 12.0 Å². The highest BCUT2D eigenvalue weighted by Crippen LogP contribution is 2.16. The molecule has 2 rings (SSSR count). The Balaban J connectivity index is 2.02. The van der Waals surface area contributed by atoms with Gasteiger partial charge in [0.15, 0.2) is 6.04 Å². The number of likely N-dealkylation sites (N-methyl/N-ethyl adjacent to an activating group) is 1. The summed E-state index contributed by atoms with van der Waals surface area (Å²) in [6, 6.07) is 7.72. The fourth-order valence-electron chi connectivity index (χ4n) is 2.50. The minimum atomic E-state index is -1.06. The van der Waals surface area contributed by atoms with Crippen molar-refractivity contribution >= 4 is 12.0 Å². The van der Waals surface area contributed by atoms with E-state index in [1.165, 1.54) is 0 Å². The Morgan fingerprint density at radius 2 is 2.00 bits per heavy atom. The SMILES string of the molecule is CN(C)C1CCN(C(=O)NC(C(=O)O)c2ccccc2)C1. The lowest BCUT2D eigenvalue weighted by molar-refractivity contribution is -0.139. The van der Waals surface area contributed by atoms with Gasteiger partial charge < -0.3 is 20.2 Å². The Morgan fingerprint density at radius 3 is 2.52 bits per heavy atom. The molecule has 1 fully saturated rings. The van der Waals surface area contributed by atoms with Gasteiger partial charge in [-0.25, -0.2) is 9.59 Å². The number of nitrogens with zero attached hydrogens (tertiary/aromatic N) is 2. The van der Waals surface area contributed by atoms with Crippen molar-refractivity contribution < 1.29 is 14.7 Å². The molecule has 0 spiro atoms. The topological polar surface area (TPSA) is 72.9 Å². The zero-order chi connectivity index (χ0) is 15.4. The van der Waals surface area contributed by atoms with E-state index in [2.05, 4.69) is 10.2 Å². The molecule has 6 heteroatoms. The van der Waals surface area contributed by atoms with E-state index in [1.54, 1.807) is 29.2 Å². The van der Waals surface area contributed by atoms with Crippen LogP contribution < -0.4 is 5.32 Å². The largest absolute Gasteiger partial charge is 0.479 e. The fourth-order valence-corrected chi connectivity index (χ4v) is 2.50. The van der Waals surface area contributed by atoms with Crippen LogP contribution in [-0.2, 0) is 4.79 Å². The quantitative estimate of drug-likeness (QED) is 0.873. The molecule has 1 aliphatic heterocycles. The van der Waals surface area contributed by atoms with Gasteiger partial charge in [0.25, 0.3) is 0 Å². The van der Waals surface area contributed by atoms with Gasteiger partial charge in [-0.05, 0) is 26.1 Å². The van der Waals surface area contributed by atoms with Crippen LogP contribution in [0.4, 0.5) is 4.79 Å². The molecular formula is C15H21N3O3. The number of hydrogen-bond acceptors (Lipinski definition) is 3. The monoisotopic (exact) mass is 291 g/mol. The minimum Gasteiger partial charge on any atom is -0.479 e. The Kier molecular flexibility index (Phi) is 4.80.